The van der Waals surface area contributed by atoms with Gasteiger partial charge in [-0.25, -0.2) is 0 Å². The van der Waals surface area contributed by atoms with E-state index in [1.807, 2.05) is 0 Å². The van der Waals surface area contributed by atoms with Crippen LogP contribution < -0.4 is 0 Å². The van der Waals surface area contributed by atoms with Crippen molar-refractivity contribution in [2.75, 3.05) is 7.11 Å². The fraction of sp³-hybridized carbons (Fsp3) is 0.889. The van der Waals surface area contributed by atoms with Crippen LogP contribution in [0.5, 0.6) is 0 Å². The first-order valence-corrected chi connectivity index (χ1v) is 4.08. The van der Waals surface area contributed by atoms with E-state index >= 15 is 0 Å². The second-order valence-electron chi connectivity index (χ2n) is 3.39. The smallest absolute Gasteiger partial charge is 0.132 e. The van der Waals surface area contributed by atoms with Crippen LogP contribution in [0, 0.1) is 5.92 Å². The van der Waals surface area contributed by atoms with E-state index in [4.69, 9.17) is 4.74 Å². The third-order valence-electron chi connectivity index (χ3n) is 1.58. The molecular formula is C9H18O2. The van der Waals surface area contributed by atoms with Gasteiger partial charge in [0.25, 0.3) is 0 Å². The van der Waals surface area contributed by atoms with Crippen molar-refractivity contribution in [3.05, 3.63) is 0 Å². The number of methoxy groups -OCH3 is 1. The first-order chi connectivity index (χ1) is 5.06. The zero-order valence-corrected chi connectivity index (χ0v) is 7.89. The molecular weight excluding hydrogens is 140 g/mol. The Labute approximate surface area is 68.9 Å². The van der Waals surface area contributed by atoms with Gasteiger partial charge in [-0.2, -0.15) is 0 Å². The van der Waals surface area contributed by atoms with Gasteiger partial charge in [0.2, 0.25) is 0 Å². The molecule has 11 heavy (non-hydrogen) atoms. The highest BCUT2D eigenvalue weighted by atomic mass is 16.5. The maximum Gasteiger partial charge on any atom is 0.132 e. The summed E-state index contributed by atoms with van der Waals surface area (Å²) in [5, 5.41) is 0. The van der Waals surface area contributed by atoms with Gasteiger partial charge in [-0.3, -0.25) is 4.79 Å². The van der Waals surface area contributed by atoms with Crippen molar-refractivity contribution in [1.29, 1.82) is 0 Å². The molecule has 0 aromatic rings. The highest BCUT2D eigenvalue weighted by Gasteiger charge is 2.11. The van der Waals surface area contributed by atoms with Crippen LogP contribution in [-0.2, 0) is 9.53 Å². The van der Waals surface area contributed by atoms with Crippen molar-refractivity contribution in [3.8, 4) is 0 Å². The molecule has 0 bridgehead atoms. The minimum absolute atomic E-state index is 0.118. The maximum absolute atomic E-state index is 10.7. The van der Waals surface area contributed by atoms with E-state index in [1.54, 1.807) is 14.0 Å². The molecule has 0 aliphatic heterocycles. The Morgan fingerprint density at radius 2 is 2.00 bits per heavy atom. The van der Waals surface area contributed by atoms with E-state index in [2.05, 4.69) is 13.8 Å². The Hall–Kier alpha value is -0.370. The summed E-state index contributed by atoms with van der Waals surface area (Å²) in [6.45, 7) is 5.87. The van der Waals surface area contributed by atoms with E-state index in [1.165, 1.54) is 0 Å². The van der Waals surface area contributed by atoms with Gasteiger partial charge in [0, 0.05) is 13.5 Å². The summed E-state index contributed by atoms with van der Waals surface area (Å²) in [6, 6.07) is 0. The average molecular weight is 158 g/mol. The van der Waals surface area contributed by atoms with Crippen molar-refractivity contribution in [2.24, 2.45) is 5.92 Å². The normalized spacial score (nSPS) is 13.5. The Morgan fingerprint density at radius 3 is 2.27 bits per heavy atom. The summed E-state index contributed by atoms with van der Waals surface area (Å²) in [5.41, 5.74) is 0. The number of carbonyl (C=O) groups excluding carboxylic acids is 1. The number of rotatable bonds is 5. The molecule has 0 N–H and O–H groups in total. The lowest BCUT2D eigenvalue weighted by atomic mass is 10.0. The van der Waals surface area contributed by atoms with Crippen molar-refractivity contribution >= 4 is 5.78 Å². The molecule has 66 valence electrons. The van der Waals surface area contributed by atoms with E-state index in [0.717, 1.165) is 6.42 Å². The van der Waals surface area contributed by atoms with Gasteiger partial charge in [0.1, 0.15) is 5.78 Å². The molecule has 2 heteroatoms. The van der Waals surface area contributed by atoms with Crippen molar-refractivity contribution in [1.82, 2.24) is 0 Å². The summed E-state index contributed by atoms with van der Waals surface area (Å²) in [7, 11) is 1.66. The van der Waals surface area contributed by atoms with Crippen molar-refractivity contribution in [3.63, 3.8) is 0 Å². The first-order valence-electron chi connectivity index (χ1n) is 4.08. The molecule has 0 saturated heterocycles. The van der Waals surface area contributed by atoms with Crippen molar-refractivity contribution < 1.29 is 9.53 Å². The highest BCUT2D eigenvalue weighted by molar-refractivity contribution is 5.75. The largest absolute Gasteiger partial charge is 0.381 e. The lowest BCUT2D eigenvalue weighted by Gasteiger charge is -2.15. The molecule has 0 aromatic carbocycles. The second-order valence-corrected chi connectivity index (χ2v) is 3.39. The maximum atomic E-state index is 10.7. The third-order valence-corrected chi connectivity index (χ3v) is 1.58. The molecule has 0 unspecified atom stereocenters. The fourth-order valence-corrected chi connectivity index (χ4v) is 1.11. The van der Waals surface area contributed by atoms with E-state index in [-0.39, 0.29) is 11.9 Å². The molecule has 0 radical (unpaired) electrons. The molecule has 1 atom stereocenters. The lowest BCUT2D eigenvalue weighted by Crippen LogP contribution is -2.16. The van der Waals surface area contributed by atoms with Crippen LogP contribution in [0.3, 0.4) is 0 Å². The first kappa shape index (κ1) is 10.6. The number of ketones is 1. The van der Waals surface area contributed by atoms with Gasteiger partial charge in [0.05, 0.1) is 6.10 Å². The highest BCUT2D eigenvalue weighted by Crippen LogP contribution is 2.10. The molecule has 0 spiro atoms. The van der Waals surface area contributed by atoms with Gasteiger partial charge >= 0.3 is 0 Å². The van der Waals surface area contributed by atoms with Gasteiger partial charge in [-0.1, -0.05) is 13.8 Å². The number of hydrogen-bond acceptors (Lipinski definition) is 2. The monoisotopic (exact) mass is 158 g/mol. The summed E-state index contributed by atoms with van der Waals surface area (Å²) in [4.78, 5) is 10.7. The standard InChI is InChI=1S/C9H18O2/c1-7(2)5-9(11-4)6-8(3)10/h7,9H,5-6H2,1-4H3/t9-/m0/s1. The van der Waals surface area contributed by atoms with E-state index < -0.39 is 0 Å². The molecule has 0 aliphatic rings. The topological polar surface area (TPSA) is 26.3 Å². The van der Waals surface area contributed by atoms with E-state index in [0.29, 0.717) is 12.3 Å². The minimum atomic E-state index is 0.118. The summed E-state index contributed by atoms with van der Waals surface area (Å²) >= 11 is 0. The zero-order chi connectivity index (χ0) is 8.85. The van der Waals surface area contributed by atoms with E-state index in [9.17, 15) is 4.79 Å². The van der Waals surface area contributed by atoms with Crippen molar-refractivity contribution in [2.45, 2.75) is 39.7 Å². The zero-order valence-electron chi connectivity index (χ0n) is 7.89. The summed E-state index contributed by atoms with van der Waals surface area (Å²) in [6.07, 6.45) is 1.64. The Bertz CT molecular complexity index is 119. The van der Waals surface area contributed by atoms with Crippen LogP contribution in [-0.4, -0.2) is 19.0 Å². The van der Waals surface area contributed by atoms with Gasteiger partial charge < -0.3 is 4.74 Å². The van der Waals surface area contributed by atoms with Gasteiger partial charge in [-0.15, -0.1) is 0 Å². The predicted octanol–water partition coefficient (Wildman–Crippen LogP) is 2.03. The van der Waals surface area contributed by atoms with Crippen LogP contribution >= 0.6 is 0 Å². The Morgan fingerprint density at radius 1 is 1.45 bits per heavy atom. The quantitative estimate of drug-likeness (QED) is 0.612. The van der Waals surface area contributed by atoms with Crippen LogP contribution in [0.2, 0.25) is 0 Å². The number of carbonyl (C=O) groups is 1. The molecule has 2 nitrogen and oxygen atoms in total. The summed E-state index contributed by atoms with van der Waals surface area (Å²) in [5.74, 6) is 0.803. The van der Waals surface area contributed by atoms with Crippen LogP contribution in [0.25, 0.3) is 0 Å². The van der Waals surface area contributed by atoms with Crippen LogP contribution in [0.4, 0.5) is 0 Å². The SMILES string of the molecule is CO[C@H](CC(C)=O)CC(C)C. The Balaban J connectivity index is 3.66. The summed E-state index contributed by atoms with van der Waals surface area (Å²) < 4.78 is 5.15. The lowest BCUT2D eigenvalue weighted by molar-refractivity contribution is -0.119. The second kappa shape index (κ2) is 5.30. The number of Topliss-reactive ketones (excluding diaryl/α,β-unsaturated/α-hetero) is 1. The molecule has 0 fully saturated rings. The van der Waals surface area contributed by atoms with Gasteiger partial charge in [-0.05, 0) is 19.3 Å². The van der Waals surface area contributed by atoms with Crippen LogP contribution in [0.1, 0.15) is 33.6 Å². The fourth-order valence-electron chi connectivity index (χ4n) is 1.11. The Kier molecular flexibility index (Phi) is 5.12. The molecule has 0 saturated carbocycles. The van der Waals surface area contributed by atoms with Gasteiger partial charge in [0.15, 0.2) is 0 Å². The molecule has 0 aromatic heterocycles. The molecule has 0 amide bonds. The van der Waals surface area contributed by atoms with Crippen LogP contribution in [0.15, 0.2) is 0 Å². The third kappa shape index (κ3) is 6.05. The molecule has 0 aliphatic carbocycles. The molecule has 0 heterocycles. The minimum Gasteiger partial charge on any atom is -0.381 e. The number of hydrogen-bond donors (Lipinski definition) is 0. The average Bonchev–Trinajstić information content (AvgIpc) is 1.84. The predicted molar refractivity (Wildman–Crippen MR) is 45.6 cm³/mol. The molecule has 0 rings (SSSR count). The number of ether oxygens (including phenoxy) is 1.